The van der Waals surface area contributed by atoms with Crippen LogP contribution in [0.3, 0.4) is 0 Å². The molecule has 0 aliphatic heterocycles. The van der Waals surface area contributed by atoms with Crippen LogP contribution in [0.2, 0.25) is 0 Å². The third kappa shape index (κ3) is 5.17. The number of rotatable bonds is 6. The predicted octanol–water partition coefficient (Wildman–Crippen LogP) is 4.05. The van der Waals surface area contributed by atoms with E-state index < -0.39 is 17.7 Å². The van der Waals surface area contributed by atoms with Crippen LogP contribution in [-0.2, 0) is 0 Å². The van der Waals surface area contributed by atoms with Crippen LogP contribution in [0.1, 0.15) is 24.1 Å². The van der Waals surface area contributed by atoms with Crippen LogP contribution < -0.4 is 10.1 Å². The Bertz CT molecular complexity index is 737. The number of urea groups is 1. The molecule has 6 heteroatoms. The fourth-order valence-electron chi connectivity index (χ4n) is 2.27. The Morgan fingerprint density at radius 1 is 1.20 bits per heavy atom. The number of amides is 2. The molecule has 0 aliphatic carbocycles. The van der Waals surface area contributed by atoms with E-state index in [1.165, 1.54) is 11.0 Å². The van der Waals surface area contributed by atoms with Crippen molar-refractivity contribution in [3.8, 4) is 5.75 Å². The number of aryl methyl sites for hydroxylation is 1. The van der Waals surface area contributed by atoms with Crippen molar-refractivity contribution < 1.29 is 18.3 Å². The Morgan fingerprint density at radius 2 is 1.92 bits per heavy atom. The number of likely N-dealkylation sites (N-methyl/N-ethyl adjacent to an activating group) is 1. The lowest BCUT2D eigenvalue weighted by molar-refractivity contribution is 0.192. The maximum absolute atomic E-state index is 13.3. The zero-order valence-corrected chi connectivity index (χ0v) is 14.6. The van der Waals surface area contributed by atoms with E-state index in [2.05, 4.69) is 5.32 Å². The molecule has 2 aromatic carbocycles. The largest absolute Gasteiger partial charge is 0.491 e. The Hall–Kier alpha value is -2.63. The summed E-state index contributed by atoms with van der Waals surface area (Å²) >= 11 is 0. The summed E-state index contributed by atoms with van der Waals surface area (Å²) in [6.45, 7) is 4.41. The van der Waals surface area contributed by atoms with Gasteiger partial charge in [-0.1, -0.05) is 24.3 Å². The number of nitrogens with zero attached hydrogens (tertiary/aromatic N) is 1. The number of carbonyl (C=O) groups excluding carboxylic acids is 1. The quantitative estimate of drug-likeness (QED) is 0.855. The van der Waals surface area contributed by atoms with Gasteiger partial charge in [-0.05, 0) is 43.2 Å². The summed E-state index contributed by atoms with van der Waals surface area (Å²) < 4.78 is 31.9. The smallest absolute Gasteiger partial charge is 0.317 e. The maximum atomic E-state index is 13.3. The van der Waals surface area contributed by atoms with Crippen molar-refractivity contribution in [2.45, 2.75) is 19.9 Å². The van der Waals surface area contributed by atoms with Crippen LogP contribution in [0, 0.1) is 18.6 Å². The van der Waals surface area contributed by atoms with Gasteiger partial charge in [-0.15, -0.1) is 0 Å². The average molecular weight is 348 g/mol. The molecule has 0 heterocycles. The number of nitrogens with one attached hydrogen (secondary N) is 1. The number of carbonyl (C=O) groups is 1. The lowest BCUT2D eigenvalue weighted by Gasteiger charge is -2.22. The summed E-state index contributed by atoms with van der Waals surface area (Å²) in [6.07, 6.45) is 0. The SMILES string of the molecule is Cc1ccccc1OCCN(C)C(=O)NC(C)c1ccc(F)c(F)c1. The molecule has 1 atom stereocenters. The first kappa shape index (κ1) is 18.7. The lowest BCUT2D eigenvalue weighted by Crippen LogP contribution is -2.40. The molecule has 0 fully saturated rings. The molecule has 0 spiro atoms. The fourth-order valence-corrected chi connectivity index (χ4v) is 2.27. The molecule has 2 rings (SSSR count). The highest BCUT2D eigenvalue weighted by Gasteiger charge is 2.15. The molecule has 0 radical (unpaired) electrons. The van der Waals surface area contributed by atoms with Crippen LogP contribution in [0.5, 0.6) is 5.75 Å². The van der Waals surface area contributed by atoms with Crippen molar-refractivity contribution in [3.05, 3.63) is 65.2 Å². The Kier molecular flexibility index (Phi) is 6.33. The third-order valence-electron chi connectivity index (χ3n) is 3.91. The minimum atomic E-state index is -0.932. The monoisotopic (exact) mass is 348 g/mol. The number of hydrogen-bond donors (Lipinski definition) is 1. The van der Waals surface area contributed by atoms with Crippen LogP contribution in [0.15, 0.2) is 42.5 Å². The minimum absolute atomic E-state index is 0.314. The highest BCUT2D eigenvalue weighted by Crippen LogP contribution is 2.17. The molecular weight excluding hydrogens is 326 g/mol. The second-order valence-electron chi connectivity index (χ2n) is 5.88. The van der Waals surface area contributed by atoms with Gasteiger partial charge in [0.1, 0.15) is 12.4 Å². The average Bonchev–Trinajstić information content (AvgIpc) is 2.58. The zero-order chi connectivity index (χ0) is 18.4. The second-order valence-corrected chi connectivity index (χ2v) is 5.88. The van der Waals surface area contributed by atoms with E-state index in [4.69, 9.17) is 4.74 Å². The lowest BCUT2D eigenvalue weighted by atomic mass is 10.1. The molecule has 0 saturated heterocycles. The number of ether oxygens (including phenoxy) is 1. The molecule has 0 bridgehead atoms. The standard InChI is InChI=1S/C19H22F2N2O2/c1-13-6-4-5-7-18(13)25-11-10-23(3)19(24)22-14(2)15-8-9-16(20)17(21)12-15/h4-9,12,14H,10-11H2,1-3H3,(H,22,24). The number of hydrogen-bond acceptors (Lipinski definition) is 2. The van der Waals surface area contributed by atoms with Crippen molar-refractivity contribution in [2.75, 3.05) is 20.2 Å². The van der Waals surface area contributed by atoms with E-state index in [1.807, 2.05) is 31.2 Å². The molecule has 0 saturated carbocycles. The second kappa shape index (κ2) is 8.46. The van der Waals surface area contributed by atoms with Crippen molar-refractivity contribution in [2.24, 2.45) is 0 Å². The van der Waals surface area contributed by atoms with Crippen molar-refractivity contribution >= 4 is 6.03 Å². The zero-order valence-electron chi connectivity index (χ0n) is 14.6. The number of benzene rings is 2. The van der Waals surface area contributed by atoms with E-state index in [-0.39, 0.29) is 6.03 Å². The van der Waals surface area contributed by atoms with Gasteiger partial charge in [0.25, 0.3) is 0 Å². The van der Waals surface area contributed by atoms with Crippen molar-refractivity contribution in [1.29, 1.82) is 0 Å². The summed E-state index contributed by atoms with van der Waals surface area (Å²) in [5, 5.41) is 2.74. The summed E-state index contributed by atoms with van der Waals surface area (Å²) in [4.78, 5) is 13.7. The summed E-state index contributed by atoms with van der Waals surface area (Å²) in [5.41, 5.74) is 1.53. The summed E-state index contributed by atoms with van der Waals surface area (Å²) in [6, 6.07) is 10.5. The highest BCUT2D eigenvalue weighted by atomic mass is 19.2. The topological polar surface area (TPSA) is 41.6 Å². The van der Waals surface area contributed by atoms with Gasteiger partial charge in [-0.2, -0.15) is 0 Å². The van der Waals surface area contributed by atoms with Gasteiger partial charge >= 0.3 is 6.03 Å². The first-order valence-electron chi connectivity index (χ1n) is 8.03. The molecule has 2 amide bonds. The first-order valence-corrected chi connectivity index (χ1v) is 8.03. The van der Waals surface area contributed by atoms with E-state index in [0.29, 0.717) is 18.7 Å². The Balaban J connectivity index is 1.83. The molecule has 4 nitrogen and oxygen atoms in total. The Labute approximate surface area is 146 Å². The molecule has 1 N–H and O–H groups in total. The maximum Gasteiger partial charge on any atom is 0.317 e. The van der Waals surface area contributed by atoms with Gasteiger partial charge in [0.2, 0.25) is 0 Å². The van der Waals surface area contributed by atoms with Crippen LogP contribution in [0.25, 0.3) is 0 Å². The molecule has 0 aromatic heterocycles. The number of halogens is 2. The van der Waals surface area contributed by atoms with Gasteiger partial charge in [0.15, 0.2) is 11.6 Å². The van der Waals surface area contributed by atoms with Gasteiger partial charge in [0, 0.05) is 7.05 Å². The van der Waals surface area contributed by atoms with E-state index >= 15 is 0 Å². The van der Waals surface area contributed by atoms with Gasteiger partial charge in [-0.3, -0.25) is 0 Å². The summed E-state index contributed by atoms with van der Waals surface area (Å²) in [5.74, 6) is -1.06. The summed E-state index contributed by atoms with van der Waals surface area (Å²) in [7, 11) is 1.65. The normalized spacial score (nSPS) is 11.7. The Morgan fingerprint density at radius 3 is 2.60 bits per heavy atom. The molecule has 134 valence electrons. The molecular formula is C19H22F2N2O2. The molecule has 0 aliphatic rings. The minimum Gasteiger partial charge on any atom is -0.491 e. The molecule has 25 heavy (non-hydrogen) atoms. The molecule has 2 aromatic rings. The highest BCUT2D eigenvalue weighted by molar-refractivity contribution is 5.74. The predicted molar refractivity (Wildman–Crippen MR) is 92.6 cm³/mol. The third-order valence-corrected chi connectivity index (χ3v) is 3.91. The van der Waals surface area contributed by atoms with E-state index in [0.717, 1.165) is 23.4 Å². The number of para-hydroxylation sites is 1. The fraction of sp³-hybridized carbons (Fsp3) is 0.316. The van der Waals surface area contributed by atoms with E-state index in [9.17, 15) is 13.6 Å². The first-order chi connectivity index (χ1) is 11.9. The van der Waals surface area contributed by atoms with Crippen LogP contribution in [-0.4, -0.2) is 31.1 Å². The van der Waals surface area contributed by atoms with Gasteiger partial charge in [0.05, 0.1) is 12.6 Å². The van der Waals surface area contributed by atoms with Crippen molar-refractivity contribution in [1.82, 2.24) is 10.2 Å². The van der Waals surface area contributed by atoms with Crippen LogP contribution in [0.4, 0.5) is 13.6 Å². The van der Waals surface area contributed by atoms with E-state index in [1.54, 1.807) is 14.0 Å². The molecule has 1 unspecified atom stereocenters. The van der Waals surface area contributed by atoms with Gasteiger partial charge in [-0.25, -0.2) is 13.6 Å². The van der Waals surface area contributed by atoms with Gasteiger partial charge < -0.3 is 15.0 Å². The van der Waals surface area contributed by atoms with Crippen LogP contribution >= 0.6 is 0 Å². The van der Waals surface area contributed by atoms with Crippen molar-refractivity contribution in [3.63, 3.8) is 0 Å².